The van der Waals surface area contributed by atoms with Crippen LogP contribution >= 0.6 is 0 Å². The minimum absolute atomic E-state index is 0. The maximum atomic E-state index is 11.1. The van der Waals surface area contributed by atoms with Crippen LogP contribution in [0.2, 0.25) is 0 Å². The third kappa shape index (κ3) is 16.4. The minimum atomic E-state index is 0. The van der Waals surface area contributed by atoms with Crippen molar-refractivity contribution < 1.29 is 30.6 Å². The van der Waals surface area contributed by atoms with Crippen LogP contribution in [0.3, 0.4) is 0 Å². The van der Waals surface area contributed by atoms with Crippen molar-refractivity contribution in [3.63, 3.8) is 0 Å². The molecule has 3 aliphatic rings. The Bertz CT molecular complexity index is 1990. The van der Waals surface area contributed by atoms with E-state index in [0.717, 1.165) is 53.6 Å². The van der Waals surface area contributed by atoms with Crippen molar-refractivity contribution in [1.82, 2.24) is 0 Å². The molecule has 5 aromatic carbocycles. The second-order valence-corrected chi connectivity index (χ2v) is 17.3. The number of rotatable bonds is 9. The van der Waals surface area contributed by atoms with E-state index >= 15 is 0 Å². The quantitative estimate of drug-likeness (QED) is 0.0640. The molecule has 7 heteroatoms. The van der Waals surface area contributed by atoms with E-state index in [1.54, 1.807) is 7.11 Å². The molecule has 0 spiro atoms. The molecule has 0 unspecified atom stereocenters. The predicted octanol–water partition coefficient (Wildman–Crippen LogP) is 14.6. The van der Waals surface area contributed by atoms with Crippen LogP contribution in [-0.4, -0.2) is 44.1 Å². The maximum Gasteiger partial charge on any atom is 0.128 e. The molecule has 334 valence electrons. The van der Waals surface area contributed by atoms with Crippen LogP contribution < -0.4 is 14.5 Å². The monoisotopic (exact) mass is 1010 g/mol. The van der Waals surface area contributed by atoms with Crippen molar-refractivity contribution >= 4 is 23.2 Å². The molecule has 0 amide bonds. The van der Waals surface area contributed by atoms with Gasteiger partial charge < -0.3 is 30.3 Å². The average molecular weight is 1010 g/mol. The molecular weight excluding hydrogens is 937 g/mol. The number of para-hydroxylation sites is 3. The second-order valence-electron chi connectivity index (χ2n) is 17.3. The zero-order valence-electron chi connectivity index (χ0n) is 38.8. The number of anilines is 2. The number of nitrogens with zero attached hydrogens (tertiary/aromatic N) is 5. The molecule has 5 aromatic rings. The van der Waals surface area contributed by atoms with E-state index in [2.05, 4.69) is 95.0 Å². The number of methoxy groups -OCH3 is 1. The molecule has 0 atom stereocenters. The van der Waals surface area contributed by atoms with Gasteiger partial charge in [0.1, 0.15) is 5.75 Å². The van der Waals surface area contributed by atoms with Crippen molar-refractivity contribution in [1.29, 1.82) is 0 Å². The van der Waals surface area contributed by atoms with Gasteiger partial charge in [0.2, 0.25) is 0 Å². The van der Waals surface area contributed by atoms with Crippen LogP contribution in [0.4, 0.5) is 11.4 Å². The Balaban J connectivity index is 0.000000210. The predicted molar refractivity (Wildman–Crippen MR) is 267 cm³/mol. The van der Waals surface area contributed by atoms with Gasteiger partial charge in [-0.25, -0.2) is 0 Å². The minimum Gasteiger partial charge on any atom is -0.496 e. The summed E-state index contributed by atoms with van der Waals surface area (Å²) in [5, 5.41) is 16.2. The summed E-state index contributed by atoms with van der Waals surface area (Å²) in [4.78, 5) is 9.06. The van der Waals surface area contributed by atoms with Crippen molar-refractivity contribution in [3.05, 3.63) is 186 Å². The topological polar surface area (TPSA) is 64.5 Å². The van der Waals surface area contributed by atoms with Gasteiger partial charge in [0, 0.05) is 37.5 Å². The molecule has 0 bridgehead atoms. The van der Waals surface area contributed by atoms with Crippen molar-refractivity contribution in [2.45, 2.75) is 122 Å². The van der Waals surface area contributed by atoms with E-state index in [0.29, 0.717) is 23.9 Å². The molecule has 1 aliphatic heterocycles. The van der Waals surface area contributed by atoms with E-state index in [4.69, 9.17) is 15.0 Å². The molecule has 3 fully saturated rings. The van der Waals surface area contributed by atoms with Gasteiger partial charge in [-0.2, -0.15) is 49.2 Å². The fourth-order valence-electron chi connectivity index (χ4n) is 8.36. The van der Waals surface area contributed by atoms with Crippen LogP contribution in [0.25, 0.3) is 10.7 Å². The number of hydrogen-bond acceptors (Lipinski definition) is 2. The SMILES string of the molecule is COc1ccccc1N1CCN(c2c(C(C)C)cccc2C(C)C)C1=[N-].[CH2-]c1ccccc1.[CH2-]c1ccccc1.[Hf].c1ccc(CC(=NC2CCCCC2)[N-]C2CCCCC2)cc1. The molecule has 0 radical (unpaired) electrons. The van der Waals surface area contributed by atoms with E-state index in [1.165, 1.54) is 80.9 Å². The maximum absolute atomic E-state index is 11.1. The van der Waals surface area contributed by atoms with Gasteiger partial charge in [-0.3, -0.25) is 0 Å². The Kier molecular flexibility index (Phi) is 22.2. The number of aliphatic imine (C=N–C) groups is 1. The van der Waals surface area contributed by atoms with Gasteiger partial charge in [0.25, 0.3) is 0 Å². The molecular formula is C56H71HfN5O-4. The normalized spacial score (nSPS) is 15.5. The van der Waals surface area contributed by atoms with Gasteiger partial charge >= 0.3 is 0 Å². The number of amidine groups is 1. The number of guanidine groups is 1. The van der Waals surface area contributed by atoms with Crippen molar-refractivity contribution in [2.75, 3.05) is 30.0 Å². The summed E-state index contributed by atoms with van der Waals surface area (Å²) in [6.45, 7) is 17.7. The first-order chi connectivity index (χ1) is 30.1. The molecule has 8 rings (SSSR count). The van der Waals surface area contributed by atoms with E-state index < -0.39 is 0 Å². The summed E-state index contributed by atoms with van der Waals surface area (Å²) < 4.78 is 5.49. The van der Waals surface area contributed by atoms with Crippen LogP contribution in [0.5, 0.6) is 5.75 Å². The first-order valence-electron chi connectivity index (χ1n) is 23.1. The summed E-state index contributed by atoms with van der Waals surface area (Å²) in [5.74, 6) is 2.92. The largest absolute Gasteiger partial charge is 0.496 e. The molecule has 6 nitrogen and oxygen atoms in total. The van der Waals surface area contributed by atoms with Gasteiger partial charge in [-0.05, 0) is 77.9 Å². The Hall–Kier alpha value is -4.75. The molecule has 0 aromatic heterocycles. The average Bonchev–Trinajstić information content (AvgIpc) is 3.68. The second kappa shape index (κ2) is 27.4. The Morgan fingerprint density at radius 2 is 1.11 bits per heavy atom. The molecule has 2 aliphatic carbocycles. The fourth-order valence-corrected chi connectivity index (χ4v) is 8.36. The number of hydrogen-bond donors (Lipinski definition) is 0. The Morgan fingerprint density at radius 1 is 0.635 bits per heavy atom. The molecule has 1 heterocycles. The molecule has 0 N–H and O–H groups in total. The van der Waals surface area contributed by atoms with Gasteiger partial charge in [0.15, 0.2) is 0 Å². The Labute approximate surface area is 400 Å². The van der Waals surface area contributed by atoms with Crippen LogP contribution in [-0.2, 0) is 32.3 Å². The Morgan fingerprint density at radius 3 is 1.60 bits per heavy atom. The molecule has 1 saturated heterocycles. The number of benzene rings is 5. The third-order valence-electron chi connectivity index (χ3n) is 11.7. The van der Waals surface area contributed by atoms with E-state index in [-0.39, 0.29) is 31.8 Å². The summed E-state index contributed by atoms with van der Waals surface area (Å²) in [5.41, 5.74) is 8.06. The number of ether oxygens (including phenoxy) is 1. The van der Waals surface area contributed by atoms with Gasteiger partial charge in [-0.15, -0.1) is 24.3 Å². The van der Waals surface area contributed by atoms with E-state index in [1.807, 2.05) is 89.8 Å². The summed E-state index contributed by atoms with van der Waals surface area (Å²) in [6, 6.07) is 45.8. The summed E-state index contributed by atoms with van der Waals surface area (Å²) in [7, 11) is 1.66. The fraction of sp³-hybridized carbons (Fsp3) is 0.393. The van der Waals surface area contributed by atoms with Crippen LogP contribution in [0.1, 0.15) is 132 Å². The van der Waals surface area contributed by atoms with Gasteiger partial charge in [-0.1, -0.05) is 171 Å². The molecule has 63 heavy (non-hydrogen) atoms. The zero-order valence-corrected chi connectivity index (χ0v) is 42.4. The van der Waals surface area contributed by atoms with Crippen molar-refractivity contribution in [3.8, 4) is 5.75 Å². The standard InChI is InChI=1S/C22H28N3O.C20H29N2.2C7H7.Hf/c1-15(2)17-9-8-10-18(16(3)4)21(17)25-14-13-24(22(25)23)19-11-6-7-12-20(19)26-5;1-4-10-17(11-5-1)16-20(21-18-12-6-2-7-13-18)22-19-14-8-3-9-15-19;2*1-7-5-3-2-4-6-7;/h6-12,15-16H,13-14H2,1-5H3;1,4-5,10-11,18-19H,2-3,6-9,12-16H2;2*2-6H,1H2;/q4*-1;. The summed E-state index contributed by atoms with van der Waals surface area (Å²) in [6.07, 6.45) is 14.1. The van der Waals surface area contributed by atoms with Crippen LogP contribution in [0, 0.1) is 13.8 Å². The first-order valence-corrected chi connectivity index (χ1v) is 23.1. The molecule has 2 saturated carbocycles. The first kappa shape index (κ1) is 50.9. The van der Waals surface area contributed by atoms with E-state index in [9.17, 15) is 5.41 Å². The smallest absolute Gasteiger partial charge is 0.128 e. The summed E-state index contributed by atoms with van der Waals surface area (Å²) >= 11 is 0. The van der Waals surface area contributed by atoms with Crippen LogP contribution in [0.15, 0.2) is 138 Å². The van der Waals surface area contributed by atoms with Gasteiger partial charge in [0.05, 0.1) is 7.11 Å². The third-order valence-corrected chi connectivity index (χ3v) is 11.7. The van der Waals surface area contributed by atoms with Crippen molar-refractivity contribution in [2.24, 2.45) is 4.99 Å². The zero-order chi connectivity index (χ0) is 44.1.